The Morgan fingerprint density at radius 3 is 2.75 bits per heavy atom. The van der Waals surface area contributed by atoms with Crippen molar-refractivity contribution in [2.75, 3.05) is 19.7 Å². The van der Waals surface area contributed by atoms with Crippen LogP contribution in [0.5, 0.6) is 0 Å². The van der Waals surface area contributed by atoms with Crippen LogP contribution >= 0.6 is 0 Å². The maximum Gasteiger partial charge on any atom is 0.410 e. The van der Waals surface area contributed by atoms with Gasteiger partial charge in [0, 0.05) is 19.1 Å². The summed E-state index contributed by atoms with van der Waals surface area (Å²) in [5.74, 6) is 0.178. The molecule has 1 aliphatic rings. The lowest BCUT2D eigenvalue weighted by atomic mass is 10.0. The van der Waals surface area contributed by atoms with E-state index in [1.807, 2.05) is 20.8 Å². The number of aliphatic hydroxyl groups excluding tert-OH is 1. The van der Waals surface area contributed by atoms with Crippen LogP contribution in [0.3, 0.4) is 0 Å². The van der Waals surface area contributed by atoms with E-state index in [0.29, 0.717) is 13.1 Å². The van der Waals surface area contributed by atoms with E-state index in [1.165, 1.54) is 0 Å². The third kappa shape index (κ3) is 3.64. The van der Waals surface area contributed by atoms with Gasteiger partial charge in [0.2, 0.25) is 0 Å². The Balaban J connectivity index is 2.44. The third-order valence-corrected chi connectivity index (χ3v) is 2.69. The number of carbonyl (C=O) groups excluding carboxylic acids is 1. The van der Waals surface area contributed by atoms with Crippen molar-refractivity contribution in [3.63, 3.8) is 0 Å². The molecule has 0 aromatic carbocycles. The smallest absolute Gasteiger partial charge is 0.410 e. The van der Waals surface area contributed by atoms with Crippen molar-refractivity contribution in [1.82, 2.24) is 4.90 Å². The maximum atomic E-state index is 11.7. The maximum absolute atomic E-state index is 11.7. The van der Waals surface area contributed by atoms with Gasteiger partial charge >= 0.3 is 6.09 Å². The van der Waals surface area contributed by atoms with Crippen LogP contribution in [0.2, 0.25) is 0 Å². The number of ether oxygens (including phenoxy) is 1. The molecule has 1 rings (SSSR count). The highest BCUT2D eigenvalue weighted by molar-refractivity contribution is 5.68. The van der Waals surface area contributed by atoms with Crippen LogP contribution in [0.4, 0.5) is 4.79 Å². The molecular formula is C11H22N2O3. The first-order chi connectivity index (χ1) is 7.33. The molecule has 0 saturated carbocycles. The number of hydrogen-bond acceptors (Lipinski definition) is 4. The van der Waals surface area contributed by atoms with Crippen LogP contribution in [0.25, 0.3) is 0 Å². The van der Waals surface area contributed by atoms with Gasteiger partial charge in [-0.3, -0.25) is 0 Å². The van der Waals surface area contributed by atoms with E-state index in [9.17, 15) is 4.79 Å². The summed E-state index contributed by atoms with van der Waals surface area (Å²) in [4.78, 5) is 13.4. The molecule has 0 aromatic heterocycles. The summed E-state index contributed by atoms with van der Waals surface area (Å²) in [5.41, 5.74) is 5.28. The van der Waals surface area contributed by atoms with Gasteiger partial charge in [0.15, 0.2) is 0 Å². The Morgan fingerprint density at radius 1 is 1.62 bits per heavy atom. The van der Waals surface area contributed by atoms with Gasteiger partial charge in [0.1, 0.15) is 5.60 Å². The standard InChI is InChI=1S/C11H22N2O3/c1-11(2,3)16-10(15)13-5-4-8(6-13)9(12)7-14/h8-9,14H,4-7,12H2,1-3H3. The molecule has 2 atom stereocenters. The van der Waals surface area contributed by atoms with E-state index >= 15 is 0 Å². The van der Waals surface area contributed by atoms with Gasteiger partial charge in [0.25, 0.3) is 0 Å². The lowest BCUT2D eigenvalue weighted by Crippen LogP contribution is -2.38. The molecule has 16 heavy (non-hydrogen) atoms. The zero-order chi connectivity index (χ0) is 12.3. The fourth-order valence-corrected chi connectivity index (χ4v) is 1.78. The molecular weight excluding hydrogens is 208 g/mol. The van der Waals surface area contributed by atoms with E-state index in [0.717, 1.165) is 6.42 Å². The number of carbonyl (C=O) groups is 1. The molecule has 94 valence electrons. The van der Waals surface area contributed by atoms with E-state index in [2.05, 4.69) is 0 Å². The number of likely N-dealkylation sites (tertiary alicyclic amines) is 1. The van der Waals surface area contributed by atoms with Gasteiger partial charge in [-0.15, -0.1) is 0 Å². The summed E-state index contributed by atoms with van der Waals surface area (Å²) in [6.07, 6.45) is 0.543. The van der Waals surface area contributed by atoms with Gasteiger partial charge in [-0.2, -0.15) is 0 Å². The minimum absolute atomic E-state index is 0.0349. The second-order valence-corrected chi connectivity index (χ2v) is 5.32. The van der Waals surface area contributed by atoms with Crippen molar-refractivity contribution < 1.29 is 14.6 Å². The Kier molecular flexibility index (Phi) is 4.15. The SMILES string of the molecule is CC(C)(C)OC(=O)N1CCC(C(N)CO)C1. The molecule has 1 amide bonds. The highest BCUT2D eigenvalue weighted by Crippen LogP contribution is 2.21. The van der Waals surface area contributed by atoms with Crippen molar-refractivity contribution in [1.29, 1.82) is 0 Å². The molecule has 5 nitrogen and oxygen atoms in total. The monoisotopic (exact) mass is 230 g/mol. The summed E-state index contributed by atoms with van der Waals surface area (Å²) in [6.45, 7) is 6.74. The molecule has 0 bridgehead atoms. The molecule has 1 saturated heterocycles. The molecule has 1 heterocycles. The number of aliphatic hydroxyl groups is 1. The molecule has 3 N–H and O–H groups in total. The van der Waals surface area contributed by atoms with E-state index < -0.39 is 5.60 Å². The molecule has 2 unspecified atom stereocenters. The Labute approximate surface area is 96.6 Å². The fraction of sp³-hybridized carbons (Fsp3) is 0.909. The van der Waals surface area contributed by atoms with Crippen LogP contribution in [-0.2, 0) is 4.74 Å². The fourth-order valence-electron chi connectivity index (χ4n) is 1.78. The first-order valence-corrected chi connectivity index (χ1v) is 5.68. The Morgan fingerprint density at radius 2 is 2.25 bits per heavy atom. The lowest BCUT2D eigenvalue weighted by molar-refractivity contribution is 0.0284. The first kappa shape index (κ1) is 13.3. The minimum Gasteiger partial charge on any atom is -0.444 e. The third-order valence-electron chi connectivity index (χ3n) is 2.69. The average Bonchev–Trinajstić information content (AvgIpc) is 2.62. The van der Waals surface area contributed by atoms with Gasteiger partial charge in [-0.25, -0.2) is 4.79 Å². The van der Waals surface area contributed by atoms with Crippen molar-refractivity contribution in [3.8, 4) is 0 Å². The zero-order valence-electron chi connectivity index (χ0n) is 10.3. The highest BCUT2D eigenvalue weighted by Gasteiger charge is 2.32. The number of hydrogen-bond donors (Lipinski definition) is 2. The van der Waals surface area contributed by atoms with Gasteiger partial charge in [-0.05, 0) is 33.1 Å². The average molecular weight is 230 g/mol. The van der Waals surface area contributed by atoms with E-state index in [4.69, 9.17) is 15.6 Å². The van der Waals surface area contributed by atoms with E-state index in [1.54, 1.807) is 4.90 Å². The predicted octanol–water partition coefficient (Wildman–Crippen LogP) is 0.563. The van der Waals surface area contributed by atoms with Crippen molar-refractivity contribution >= 4 is 6.09 Å². The normalized spacial score (nSPS) is 23.3. The second-order valence-electron chi connectivity index (χ2n) is 5.32. The zero-order valence-corrected chi connectivity index (χ0v) is 10.3. The summed E-state index contributed by atoms with van der Waals surface area (Å²) in [5, 5.41) is 8.95. The molecule has 0 aromatic rings. The molecule has 5 heteroatoms. The van der Waals surface area contributed by atoms with Gasteiger partial charge < -0.3 is 20.5 Å². The molecule has 0 spiro atoms. The lowest BCUT2D eigenvalue weighted by Gasteiger charge is -2.25. The molecule has 1 aliphatic heterocycles. The number of amides is 1. The van der Waals surface area contributed by atoms with Crippen molar-refractivity contribution in [3.05, 3.63) is 0 Å². The topological polar surface area (TPSA) is 75.8 Å². The number of rotatable bonds is 2. The van der Waals surface area contributed by atoms with Gasteiger partial charge in [-0.1, -0.05) is 0 Å². The molecule has 1 fully saturated rings. The first-order valence-electron chi connectivity index (χ1n) is 5.68. The molecule has 0 aliphatic carbocycles. The number of nitrogens with two attached hydrogens (primary N) is 1. The van der Waals surface area contributed by atoms with Crippen LogP contribution in [-0.4, -0.2) is 47.4 Å². The summed E-state index contributed by atoms with van der Waals surface area (Å²) in [6, 6.07) is -0.243. The van der Waals surface area contributed by atoms with Crippen LogP contribution < -0.4 is 5.73 Å². The summed E-state index contributed by atoms with van der Waals surface area (Å²) >= 11 is 0. The largest absolute Gasteiger partial charge is 0.444 e. The van der Waals surface area contributed by atoms with Crippen LogP contribution in [0.1, 0.15) is 27.2 Å². The van der Waals surface area contributed by atoms with Crippen LogP contribution in [0.15, 0.2) is 0 Å². The van der Waals surface area contributed by atoms with Crippen LogP contribution in [0, 0.1) is 5.92 Å². The Hall–Kier alpha value is -0.810. The van der Waals surface area contributed by atoms with Crippen molar-refractivity contribution in [2.24, 2.45) is 11.7 Å². The number of nitrogens with zero attached hydrogens (tertiary/aromatic N) is 1. The van der Waals surface area contributed by atoms with Gasteiger partial charge in [0.05, 0.1) is 6.61 Å². The second kappa shape index (κ2) is 5.01. The summed E-state index contributed by atoms with van der Waals surface area (Å²) in [7, 11) is 0. The Bertz CT molecular complexity index is 250. The quantitative estimate of drug-likeness (QED) is 0.727. The summed E-state index contributed by atoms with van der Waals surface area (Å²) < 4.78 is 5.27. The van der Waals surface area contributed by atoms with E-state index in [-0.39, 0.29) is 24.7 Å². The highest BCUT2D eigenvalue weighted by atomic mass is 16.6. The predicted molar refractivity (Wildman–Crippen MR) is 61.0 cm³/mol. The van der Waals surface area contributed by atoms with Crippen molar-refractivity contribution in [2.45, 2.75) is 38.8 Å². The molecule has 0 radical (unpaired) electrons. The minimum atomic E-state index is -0.464.